The average molecular weight is 593 g/mol. The molecule has 7 rings (SSSR count). The van der Waals surface area contributed by atoms with Crippen molar-refractivity contribution in [1.82, 2.24) is 9.97 Å². The van der Waals surface area contributed by atoms with Crippen LogP contribution in [0.5, 0.6) is 5.75 Å². The van der Waals surface area contributed by atoms with Gasteiger partial charge in [-0.05, 0) is 79.7 Å². The SMILES string of the molecule is C[C@@H]1Cc2ccccc2N1C(=S)Oc1ccc(C(=O)Nc2ccc3nc(-c4ccccc4)c(-c4ccccc4)nc3c2)cc1. The second-order valence-electron chi connectivity index (χ2n) is 10.8. The predicted octanol–water partition coefficient (Wildman–Crippen LogP) is 8.33. The lowest BCUT2D eigenvalue weighted by Gasteiger charge is -2.24. The first-order chi connectivity index (χ1) is 21.5. The van der Waals surface area contributed by atoms with Crippen molar-refractivity contribution in [3.05, 3.63) is 139 Å². The van der Waals surface area contributed by atoms with Gasteiger partial charge in [0.15, 0.2) is 0 Å². The highest BCUT2D eigenvalue weighted by Crippen LogP contribution is 2.33. The van der Waals surface area contributed by atoms with E-state index in [0.29, 0.717) is 27.7 Å². The zero-order chi connectivity index (χ0) is 30.0. The Balaban J connectivity index is 1.10. The number of aromatic nitrogens is 2. The molecule has 1 atom stereocenters. The lowest BCUT2D eigenvalue weighted by molar-refractivity contribution is 0.102. The molecule has 0 aliphatic carbocycles. The number of rotatable bonds is 5. The average Bonchev–Trinajstić information content (AvgIpc) is 3.41. The highest BCUT2D eigenvalue weighted by Gasteiger charge is 2.29. The van der Waals surface area contributed by atoms with Gasteiger partial charge in [0.2, 0.25) is 0 Å². The Labute approximate surface area is 261 Å². The lowest BCUT2D eigenvalue weighted by atomic mass is 10.0. The Bertz CT molecular complexity index is 2000. The first-order valence-electron chi connectivity index (χ1n) is 14.5. The van der Waals surface area contributed by atoms with E-state index >= 15 is 0 Å². The van der Waals surface area contributed by atoms with Crippen molar-refractivity contribution in [1.29, 1.82) is 0 Å². The van der Waals surface area contributed by atoms with Crippen LogP contribution in [0.1, 0.15) is 22.8 Å². The monoisotopic (exact) mass is 592 g/mol. The number of nitrogens with one attached hydrogen (secondary N) is 1. The number of thiocarbonyl (C=S) groups is 1. The molecular formula is C37H28N4O2S. The van der Waals surface area contributed by atoms with Crippen LogP contribution in [-0.2, 0) is 6.42 Å². The summed E-state index contributed by atoms with van der Waals surface area (Å²) in [4.78, 5) is 25.2. The molecule has 0 saturated carbocycles. The van der Waals surface area contributed by atoms with Gasteiger partial charge in [-0.2, -0.15) is 0 Å². The van der Waals surface area contributed by atoms with E-state index in [2.05, 4.69) is 24.4 Å². The van der Waals surface area contributed by atoms with Crippen LogP contribution in [0.4, 0.5) is 11.4 Å². The van der Waals surface area contributed by atoms with Crippen LogP contribution in [0, 0.1) is 0 Å². The number of nitrogens with zero attached hydrogens (tertiary/aromatic N) is 3. The van der Waals surface area contributed by atoms with Gasteiger partial charge in [-0.1, -0.05) is 78.9 Å². The van der Waals surface area contributed by atoms with Gasteiger partial charge in [-0.25, -0.2) is 9.97 Å². The van der Waals surface area contributed by atoms with E-state index < -0.39 is 0 Å². The summed E-state index contributed by atoms with van der Waals surface area (Å²) in [5.41, 5.74) is 8.46. The number of carbonyl (C=O) groups excluding carboxylic acids is 1. The number of para-hydroxylation sites is 1. The summed E-state index contributed by atoms with van der Waals surface area (Å²) in [6, 6.07) is 41.1. The Morgan fingerprint density at radius 1 is 0.773 bits per heavy atom. The molecule has 0 bridgehead atoms. The second kappa shape index (κ2) is 11.7. The van der Waals surface area contributed by atoms with Crippen molar-refractivity contribution in [2.75, 3.05) is 10.2 Å². The van der Waals surface area contributed by atoms with Crippen LogP contribution >= 0.6 is 12.2 Å². The van der Waals surface area contributed by atoms with Crippen LogP contribution in [0.2, 0.25) is 0 Å². The molecule has 1 N–H and O–H groups in total. The molecule has 0 radical (unpaired) electrons. The van der Waals surface area contributed by atoms with Crippen LogP contribution < -0.4 is 15.0 Å². The van der Waals surface area contributed by atoms with Gasteiger partial charge in [0.25, 0.3) is 11.1 Å². The molecule has 2 heterocycles. The minimum atomic E-state index is -0.238. The number of anilines is 2. The number of hydrogen-bond donors (Lipinski definition) is 1. The fourth-order valence-electron chi connectivity index (χ4n) is 5.60. The molecular weight excluding hydrogens is 565 g/mol. The number of carbonyl (C=O) groups is 1. The van der Waals surface area contributed by atoms with Gasteiger partial charge in [0.1, 0.15) is 5.75 Å². The molecule has 1 amide bonds. The van der Waals surface area contributed by atoms with Crippen molar-refractivity contribution in [2.45, 2.75) is 19.4 Å². The fraction of sp³-hybridized carbons (Fsp3) is 0.0811. The maximum Gasteiger partial charge on any atom is 0.269 e. The van der Waals surface area contributed by atoms with Crippen molar-refractivity contribution in [2.24, 2.45) is 0 Å². The van der Waals surface area contributed by atoms with Crippen LogP contribution in [0.3, 0.4) is 0 Å². The molecule has 6 aromatic rings. The normalized spacial score (nSPS) is 13.8. The Kier molecular flexibility index (Phi) is 7.30. The molecule has 0 unspecified atom stereocenters. The van der Waals surface area contributed by atoms with E-state index in [1.165, 1.54) is 5.56 Å². The maximum atomic E-state index is 13.2. The lowest BCUT2D eigenvalue weighted by Crippen LogP contribution is -2.37. The van der Waals surface area contributed by atoms with Gasteiger partial charge in [-0.3, -0.25) is 9.69 Å². The standard InChI is InChI=1S/C37H28N4O2S/c1-24-22-28-14-8-9-15-33(28)41(24)37(44)43-30-19-16-27(17-20-30)36(42)38-29-18-21-31-32(23-29)40-35(26-12-6-3-7-13-26)34(39-31)25-10-4-2-5-11-25/h2-21,23-24H,22H2,1H3,(H,38,42)/t24-/m1/s1. The molecule has 6 nitrogen and oxygen atoms in total. The van der Waals surface area contributed by atoms with Crippen LogP contribution in [0.15, 0.2) is 127 Å². The molecule has 1 aliphatic rings. The van der Waals surface area contributed by atoms with Crippen molar-refractivity contribution in [3.63, 3.8) is 0 Å². The fourth-order valence-corrected chi connectivity index (χ4v) is 5.97. The van der Waals surface area contributed by atoms with Crippen molar-refractivity contribution in [3.8, 4) is 28.3 Å². The number of ether oxygens (including phenoxy) is 1. The summed E-state index contributed by atoms with van der Waals surface area (Å²) in [5, 5.41) is 3.39. The summed E-state index contributed by atoms with van der Waals surface area (Å²) in [6.07, 6.45) is 0.918. The molecule has 7 heteroatoms. The molecule has 0 saturated heterocycles. The van der Waals surface area contributed by atoms with Gasteiger partial charge >= 0.3 is 0 Å². The summed E-state index contributed by atoms with van der Waals surface area (Å²) in [6.45, 7) is 2.13. The van der Waals surface area contributed by atoms with Crippen molar-refractivity contribution < 1.29 is 9.53 Å². The highest BCUT2D eigenvalue weighted by atomic mass is 32.1. The molecule has 0 fully saturated rings. The van der Waals surface area contributed by atoms with E-state index in [-0.39, 0.29) is 11.9 Å². The van der Waals surface area contributed by atoms with Crippen molar-refractivity contribution >= 4 is 45.7 Å². The van der Waals surface area contributed by atoms with E-state index in [4.69, 9.17) is 26.9 Å². The van der Waals surface area contributed by atoms with Gasteiger partial charge < -0.3 is 10.1 Å². The molecule has 5 aromatic carbocycles. The zero-order valence-corrected chi connectivity index (χ0v) is 24.8. The smallest absolute Gasteiger partial charge is 0.269 e. The number of benzene rings is 5. The first kappa shape index (κ1) is 27.4. The summed E-state index contributed by atoms with van der Waals surface area (Å²) in [5.74, 6) is 0.337. The highest BCUT2D eigenvalue weighted by molar-refractivity contribution is 7.80. The number of fused-ring (bicyclic) bond motifs is 2. The zero-order valence-electron chi connectivity index (χ0n) is 24.0. The molecule has 214 valence electrons. The second-order valence-corrected chi connectivity index (χ2v) is 11.1. The Hall–Kier alpha value is -5.40. The molecule has 1 aromatic heterocycles. The summed E-state index contributed by atoms with van der Waals surface area (Å²) >= 11 is 5.65. The molecule has 44 heavy (non-hydrogen) atoms. The van der Waals surface area contributed by atoms with Crippen LogP contribution in [0.25, 0.3) is 33.5 Å². The van der Waals surface area contributed by atoms with E-state index in [0.717, 1.165) is 40.1 Å². The summed E-state index contributed by atoms with van der Waals surface area (Å²) < 4.78 is 6.03. The van der Waals surface area contributed by atoms with E-state index in [1.54, 1.807) is 24.3 Å². The quantitative estimate of drug-likeness (QED) is 0.203. The third-order valence-corrected chi connectivity index (χ3v) is 8.02. The van der Waals surface area contributed by atoms with Crippen LogP contribution in [-0.4, -0.2) is 27.1 Å². The molecule has 0 spiro atoms. The number of amides is 1. The predicted molar refractivity (Wildman–Crippen MR) is 180 cm³/mol. The minimum absolute atomic E-state index is 0.213. The summed E-state index contributed by atoms with van der Waals surface area (Å²) in [7, 11) is 0. The van der Waals surface area contributed by atoms with E-state index in [1.807, 2.05) is 95.9 Å². The van der Waals surface area contributed by atoms with Gasteiger partial charge in [-0.15, -0.1) is 0 Å². The largest absolute Gasteiger partial charge is 0.432 e. The van der Waals surface area contributed by atoms with Gasteiger partial charge in [0, 0.05) is 34.1 Å². The first-order valence-corrected chi connectivity index (χ1v) is 14.9. The third kappa shape index (κ3) is 5.41. The molecule has 1 aliphatic heterocycles. The Morgan fingerprint density at radius 3 is 2.07 bits per heavy atom. The van der Waals surface area contributed by atoms with E-state index in [9.17, 15) is 4.79 Å². The minimum Gasteiger partial charge on any atom is -0.432 e. The van der Waals surface area contributed by atoms with Gasteiger partial charge in [0.05, 0.1) is 22.4 Å². The third-order valence-electron chi connectivity index (χ3n) is 7.74. The topological polar surface area (TPSA) is 67.3 Å². The maximum absolute atomic E-state index is 13.2. The number of hydrogen-bond acceptors (Lipinski definition) is 5. The Morgan fingerprint density at radius 2 is 1.39 bits per heavy atom.